The van der Waals surface area contributed by atoms with E-state index in [0.717, 1.165) is 23.0 Å². The van der Waals surface area contributed by atoms with Gasteiger partial charge in [0.1, 0.15) is 12.0 Å². The monoisotopic (exact) mass is 546 g/mol. The summed E-state index contributed by atoms with van der Waals surface area (Å²) in [5.41, 5.74) is -0.646. The van der Waals surface area contributed by atoms with Crippen LogP contribution in [0, 0.1) is 23.5 Å². The highest BCUT2D eigenvalue weighted by molar-refractivity contribution is 6.37. The molecule has 2 heterocycles. The van der Waals surface area contributed by atoms with E-state index in [0.29, 0.717) is 24.3 Å². The van der Waals surface area contributed by atoms with Gasteiger partial charge in [0.05, 0.1) is 21.7 Å². The Hall–Kier alpha value is -3.76. The predicted molar refractivity (Wildman–Crippen MR) is 132 cm³/mol. The Morgan fingerprint density at radius 1 is 1.08 bits per heavy atom. The van der Waals surface area contributed by atoms with E-state index in [2.05, 4.69) is 10.1 Å². The number of likely N-dealkylation sites (tertiary alicyclic amines) is 1. The summed E-state index contributed by atoms with van der Waals surface area (Å²) in [7, 11) is 0. The number of rotatable bonds is 5. The lowest BCUT2D eigenvalue weighted by Crippen LogP contribution is -2.44. The first kappa shape index (κ1) is 24.9. The van der Waals surface area contributed by atoms with Crippen molar-refractivity contribution in [1.82, 2.24) is 19.7 Å². The number of aromatic nitrogens is 3. The van der Waals surface area contributed by atoms with Crippen molar-refractivity contribution in [1.29, 1.82) is 0 Å². The van der Waals surface area contributed by atoms with Crippen LogP contribution in [0.5, 0.6) is 5.75 Å². The SMILES string of the molecule is O=C1C2C=CC(Oc3c(Cl)cc(-n4ncc(=O)[nH]c4=O)cc3Cl)=CC2CCN1Cc1ccc(F)c(F)c1. The maximum atomic E-state index is 13.6. The zero-order chi connectivity index (χ0) is 26.3. The number of ether oxygens (including phenoxy) is 1. The van der Waals surface area contributed by atoms with Crippen LogP contribution in [0.1, 0.15) is 12.0 Å². The van der Waals surface area contributed by atoms with Gasteiger partial charge in [0.2, 0.25) is 5.91 Å². The number of carbonyl (C=O) groups excluding carboxylic acids is 1. The minimum absolute atomic E-state index is 0.108. The summed E-state index contributed by atoms with van der Waals surface area (Å²) < 4.78 is 33.6. The minimum atomic E-state index is -0.950. The fraction of sp³-hybridized carbons (Fsp3) is 0.200. The molecule has 2 atom stereocenters. The number of hydrogen-bond acceptors (Lipinski definition) is 5. The van der Waals surface area contributed by atoms with Crippen LogP contribution in [-0.4, -0.2) is 32.1 Å². The summed E-state index contributed by atoms with van der Waals surface area (Å²) in [4.78, 5) is 40.1. The average Bonchev–Trinajstić information content (AvgIpc) is 2.85. The van der Waals surface area contributed by atoms with E-state index in [1.807, 2.05) is 6.08 Å². The second-order valence-corrected chi connectivity index (χ2v) is 9.42. The number of nitrogens with one attached hydrogen (secondary N) is 1. The maximum absolute atomic E-state index is 13.6. The van der Waals surface area contributed by atoms with Crippen LogP contribution >= 0.6 is 23.2 Å². The van der Waals surface area contributed by atoms with Crippen LogP contribution in [0.15, 0.2) is 70.1 Å². The standard InChI is InChI=1S/C25H18Cl2F2N4O4/c26-18-9-15(33-25(36)31-22(34)11-30-33)10-19(27)23(18)37-16-2-3-17-14(8-16)5-6-32(24(17)35)12-13-1-4-20(28)21(29)7-13/h1-4,7-11,14,17H,5-6,12H2,(H,31,34,36). The Balaban J connectivity index is 1.30. The van der Waals surface area contributed by atoms with Gasteiger partial charge in [0.25, 0.3) is 5.56 Å². The van der Waals surface area contributed by atoms with Crippen LogP contribution in [0.4, 0.5) is 8.78 Å². The number of allylic oxidation sites excluding steroid dienone is 2. The lowest BCUT2D eigenvalue weighted by Gasteiger charge is -2.37. The van der Waals surface area contributed by atoms with Gasteiger partial charge in [0.15, 0.2) is 17.4 Å². The fourth-order valence-electron chi connectivity index (χ4n) is 4.37. The van der Waals surface area contributed by atoms with Gasteiger partial charge in [-0.05, 0) is 54.3 Å². The summed E-state index contributed by atoms with van der Waals surface area (Å²) in [5, 5.41) is 3.99. The van der Waals surface area contributed by atoms with E-state index in [9.17, 15) is 23.2 Å². The fourth-order valence-corrected chi connectivity index (χ4v) is 4.92. The highest BCUT2D eigenvalue weighted by atomic mass is 35.5. The predicted octanol–water partition coefficient (Wildman–Crippen LogP) is 4.00. The number of carbonyl (C=O) groups is 1. The van der Waals surface area contributed by atoms with E-state index in [-0.39, 0.29) is 39.9 Å². The highest BCUT2D eigenvalue weighted by Crippen LogP contribution is 2.39. The molecule has 8 nitrogen and oxygen atoms in total. The number of piperidine rings is 1. The summed E-state index contributed by atoms with van der Waals surface area (Å²) in [6, 6.07) is 6.45. The van der Waals surface area contributed by atoms with E-state index in [1.165, 1.54) is 18.2 Å². The Morgan fingerprint density at radius 3 is 2.54 bits per heavy atom. The average molecular weight is 547 g/mol. The smallest absolute Gasteiger partial charge is 0.349 e. The molecule has 2 aromatic carbocycles. The van der Waals surface area contributed by atoms with Gasteiger partial charge in [-0.2, -0.15) is 9.78 Å². The van der Waals surface area contributed by atoms with Gasteiger partial charge < -0.3 is 9.64 Å². The topological polar surface area (TPSA) is 97.3 Å². The quantitative estimate of drug-likeness (QED) is 0.521. The molecule has 1 amide bonds. The van der Waals surface area contributed by atoms with E-state index in [1.54, 1.807) is 17.1 Å². The van der Waals surface area contributed by atoms with Gasteiger partial charge in [-0.1, -0.05) is 35.3 Å². The van der Waals surface area contributed by atoms with E-state index in [4.69, 9.17) is 27.9 Å². The number of amides is 1. The third-order valence-electron chi connectivity index (χ3n) is 6.15. The number of benzene rings is 2. The normalized spacial score (nSPS) is 19.0. The van der Waals surface area contributed by atoms with Crippen LogP contribution in [0.2, 0.25) is 10.0 Å². The van der Waals surface area contributed by atoms with Crippen LogP contribution < -0.4 is 16.0 Å². The molecular weight excluding hydrogens is 529 g/mol. The van der Waals surface area contributed by atoms with Crippen molar-refractivity contribution in [2.24, 2.45) is 11.8 Å². The molecular formula is C25H18Cl2F2N4O4. The van der Waals surface area contributed by atoms with Crippen molar-refractivity contribution >= 4 is 29.1 Å². The molecule has 2 aliphatic rings. The van der Waals surface area contributed by atoms with Gasteiger partial charge in [-0.25, -0.2) is 13.6 Å². The van der Waals surface area contributed by atoms with Crippen molar-refractivity contribution < 1.29 is 18.3 Å². The number of H-pyrrole nitrogens is 1. The number of hydrogen-bond donors (Lipinski definition) is 1. The Bertz CT molecular complexity index is 1560. The molecule has 0 bridgehead atoms. The molecule has 1 aliphatic carbocycles. The molecule has 0 spiro atoms. The molecule has 1 N–H and O–H groups in total. The Morgan fingerprint density at radius 2 is 1.84 bits per heavy atom. The largest absolute Gasteiger partial charge is 0.455 e. The van der Waals surface area contributed by atoms with Crippen molar-refractivity contribution in [2.45, 2.75) is 13.0 Å². The lowest BCUT2D eigenvalue weighted by molar-refractivity contribution is -0.138. The van der Waals surface area contributed by atoms with Crippen molar-refractivity contribution in [3.05, 3.63) is 109 Å². The zero-order valence-corrected chi connectivity index (χ0v) is 20.5. The molecule has 12 heteroatoms. The molecule has 0 radical (unpaired) electrons. The van der Waals surface area contributed by atoms with Crippen LogP contribution in [0.3, 0.4) is 0 Å². The molecule has 37 heavy (non-hydrogen) atoms. The number of halogens is 4. The van der Waals surface area contributed by atoms with Crippen molar-refractivity contribution in [3.8, 4) is 11.4 Å². The summed E-state index contributed by atoms with van der Waals surface area (Å²) >= 11 is 12.8. The van der Waals surface area contributed by atoms with Gasteiger partial charge in [0, 0.05) is 13.1 Å². The summed E-state index contributed by atoms with van der Waals surface area (Å²) in [6.07, 6.45) is 6.80. The molecule has 2 unspecified atom stereocenters. The molecule has 1 fully saturated rings. The molecule has 190 valence electrons. The number of nitrogens with zero attached hydrogens (tertiary/aromatic N) is 3. The Kier molecular flexibility index (Phi) is 6.70. The second kappa shape index (κ2) is 9.95. The first-order chi connectivity index (χ1) is 17.7. The van der Waals surface area contributed by atoms with Crippen LogP contribution in [-0.2, 0) is 11.3 Å². The van der Waals surface area contributed by atoms with E-state index >= 15 is 0 Å². The van der Waals surface area contributed by atoms with Crippen LogP contribution in [0.25, 0.3) is 5.69 Å². The Labute approximate surface area is 218 Å². The van der Waals surface area contributed by atoms with Gasteiger partial charge in [-0.15, -0.1) is 0 Å². The summed E-state index contributed by atoms with van der Waals surface area (Å²) in [5.74, 6) is -1.95. The van der Waals surface area contributed by atoms with Crippen molar-refractivity contribution in [2.75, 3.05) is 6.54 Å². The molecule has 1 saturated heterocycles. The van der Waals surface area contributed by atoms with E-state index < -0.39 is 28.8 Å². The molecule has 3 aromatic rings. The van der Waals surface area contributed by atoms with Crippen molar-refractivity contribution in [3.63, 3.8) is 0 Å². The number of aromatic amines is 1. The lowest BCUT2D eigenvalue weighted by atomic mass is 9.81. The summed E-state index contributed by atoms with van der Waals surface area (Å²) in [6.45, 7) is 0.624. The van der Waals surface area contributed by atoms with Gasteiger partial charge in [-0.3, -0.25) is 14.6 Å². The third-order valence-corrected chi connectivity index (χ3v) is 6.72. The molecule has 0 saturated carbocycles. The third kappa shape index (κ3) is 5.07. The van der Waals surface area contributed by atoms with Gasteiger partial charge >= 0.3 is 5.69 Å². The molecule has 1 aliphatic heterocycles. The molecule has 1 aromatic heterocycles. The minimum Gasteiger partial charge on any atom is -0.455 e. The highest BCUT2D eigenvalue weighted by Gasteiger charge is 2.36. The number of fused-ring (bicyclic) bond motifs is 1. The maximum Gasteiger partial charge on any atom is 0.349 e. The first-order valence-corrected chi connectivity index (χ1v) is 11.9. The zero-order valence-electron chi connectivity index (χ0n) is 19.0. The second-order valence-electron chi connectivity index (χ2n) is 8.61. The first-order valence-electron chi connectivity index (χ1n) is 11.2. The molecule has 5 rings (SSSR count).